The van der Waals surface area contributed by atoms with E-state index in [0.29, 0.717) is 19.6 Å². The van der Waals surface area contributed by atoms with E-state index < -0.39 is 0 Å². The monoisotopic (exact) mass is 252 g/mol. The lowest BCUT2D eigenvalue weighted by Crippen LogP contribution is -2.30. The molecule has 0 aliphatic carbocycles. The van der Waals surface area contributed by atoms with Crippen LogP contribution in [0.3, 0.4) is 0 Å². The highest BCUT2D eigenvalue weighted by Crippen LogP contribution is 2.27. The molecule has 98 valence electrons. The van der Waals surface area contributed by atoms with Crippen molar-refractivity contribution in [2.45, 2.75) is 31.7 Å². The van der Waals surface area contributed by atoms with Gasteiger partial charge in [0.05, 0.1) is 55.3 Å². The normalized spacial score (nSPS) is 26.6. The molecule has 6 heteroatoms. The van der Waals surface area contributed by atoms with Gasteiger partial charge in [-0.1, -0.05) is 0 Å². The van der Waals surface area contributed by atoms with Crippen molar-refractivity contribution in [2.75, 3.05) is 19.8 Å². The Morgan fingerprint density at radius 3 is 2.72 bits per heavy atom. The van der Waals surface area contributed by atoms with E-state index in [1.54, 1.807) is 0 Å². The van der Waals surface area contributed by atoms with E-state index in [9.17, 15) is 5.11 Å². The summed E-state index contributed by atoms with van der Waals surface area (Å²) in [6, 6.07) is 0. The minimum Gasteiger partial charge on any atom is -0.394 e. The number of aliphatic hydroxyl groups is 2. The van der Waals surface area contributed by atoms with Crippen molar-refractivity contribution in [2.24, 2.45) is 0 Å². The van der Waals surface area contributed by atoms with Gasteiger partial charge in [-0.15, -0.1) is 0 Å². The lowest BCUT2D eigenvalue weighted by Gasteiger charge is -2.27. The van der Waals surface area contributed by atoms with Crippen LogP contribution in [0.2, 0.25) is 0 Å². The number of ether oxygens (including phenoxy) is 2. The fourth-order valence-corrected chi connectivity index (χ4v) is 2.38. The van der Waals surface area contributed by atoms with E-state index in [1.807, 2.05) is 0 Å². The first kappa shape index (κ1) is 12.0. The zero-order valence-corrected chi connectivity index (χ0v) is 10.0. The lowest BCUT2D eigenvalue weighted by atomic mass is 10.0. The summed E-state index contributed by atoms with van der Waals surface area (Å²) >= 11 is 0. The minimum absolute atomic E-state index is 0.000576. The summed E-state index contributed by atoms with van der Waals surface area (Å²) < 4.78 is 10.9. The van der Waals surface area contributed by atoms with Gasteiger partial charge in [-0.05, 0) is 0 Å². The highest BCUT2D eigenvalue weighted by Gasteiger charge is 2.28. The molecule has 0 saturated carbocycles. The topological polar surface area (TPSA) is 84.7 Å². The smallest absolute Gasteiger partial charge is 0.124 e. The average Bonchev–Trinajstić information content (AvgIpc) is 2.43. The third kappa shape index (κ3) is 2.01. The first-order valence-corrected chi connectivity index (χ1v) is 6.15. The third-order valence-corrected chi connectivity index (χ3v) is 3.36. The minimum atomic E-state index is -0.373. The molecule has 2 unspecified atom stereocenters. The van der Waals surface area contributed by atoms with Gasteiger partial charge in [0.25, 0.3) is 0 Å². The molecule has 0 amide bonds. The van der Waals surface area contributed by atoms with E-state index in [-0.39, 0.29) is 25.4 Å². The molecule has 0 radical (unpaired) electrons. The fraction of sp³-hybridized carbons (Fsp3) is 0.667. The molecule has 0 aromatic carbocycles. The van der Waals surface area contributed by atoms with Crippen LogP contribution in [0.15, 0.2) is 0 Å². The number of fused-ring (bicyclic) bond motifs is 2. The van der Waals surface area contributed by atoms with Crippen molar-refractivity contribution in [3.8, 4) is 0 Å². The molecule has 18 heavy (non-hydrogen) atoms. The lowest BCUT2D eigenvalue weighted by molar-refractivity contribution is -0.0153. The molecule has 2 N–H and O–H groups in total. The van der Waals surface area contributed by atoms with E-state index in [2.05, 4.69) is 9.97 Å². The van der Waals surface area contributed by atoms with Crippen molar-refractivity contribution in [3.63, 3.8) is 0 Å². The number of hydrogen-bond acceptors (Lipinski definition) is 6. The Balaban J connectivity index is 1.96. The number of aliphatic hydroxyl groups excluding tert-OH is 2. The summed E-state index contributed by atoms with van der Waals surface area (Å²) in [6.07, 6.45) is 0.758. The summed E-state index contributed by atoms with van der Waals surface area (Å²) in [5, 5.41) is 18.4. The molecular formula is C12H16N2O4. The summed E-state index contributed by atoms with van der Waals surface area (Å²) in [5.74, 6) is 0. The van der Waals surface area contributed by atoms with Gasteiger partial charge in [0.15, 0.2) is 0 Å². The van der Waals surface area contributed by atoms with Crippen LogP contribution in [-0.2, 0) is 28.9 Å². The SMILES string of the molecule is OCC1Cc2nc3c(nc2CO1)C(CO)OCC3. The molecular weight excluding hydrogens is 236 g/mol. The Kier molecular flexibility index (Phi) is 3.25. The van der Waals surface area contributed by atoms with Crippen molar-refractivity contribution >= 4 is 0 Å². The van der Waals surface area contributed by atoms with Gasteiger partial charge in [-0.3, -0.25) is 4.98 Å². The molecule has 6 nitrogen and oxygen atoms in total. The predicted octanol–water partition coefficient (Wildman–Crippen LogP) is -0.484. The van der Waals surface area contributed by atoms with Crippen LogP contribution in [0.1, 0.15) is 28.9 Å². The summed E-state index contributed by atoms with van der Waals surface area (Å²) in [5.41, 5.74) is 3.33. The second-order valence-corrected chi connectivity index (χ2v) is 4.56. The molecule has 1 aromatic heterocycles. The zero-order valence-electron chi connectivity index (χ0n) is 10.0. The third-order valence-electron chi connectivity index (χ3n) is 3.36. The number of hydrogen-bond donors (Lipinski definition) is 2. The summed E-state index contributed by atoms with van der Waals surface area (Å²) in [4.78, 5) is 9.13. The summed E-state index contributed by atoms with van der Waals surface area (Å²) in [6.45, 7) is 0.839. The molecule has 2 aliphatic rings. The maximum Gasteiger partial charge on any atom is 0.124 e. The van der Waals surface area contributed by atoms with E-state index >= 15 is 0 Å². The van der Waals surface area contributed by atoms with Gasteiger partial charge >= 0.3 is 0 Å². The Labute approximate surface area is 105 Å². The highest BCUT2D eigenvalue weighted by atomic mass is 16.5. The van der Waals surface area contributed by atoms with Crippen molar-refractivity contribution in [1.29, 1.82) is 0 Å². The molecule has 1 aromatic rings. The largest absolute Gasteiger partial charge is 0.394 e. The molecule has 3 heterocycles. The molecule has 3 rings (SSSR count). The van der Waals surface area contributed by atoms with E-state index in [0.717, 1.165) is 29.2 Å². The van der Waals surface area contributed by atoms with Crippen LogP contribution in [0, 0.1) is 0 Å². The predicted molar refractivity (Wildman–Crippen MR) is 60.9 cm³/mol. The van der Waals surface area contributed by atoms with Crippen LogP contribution in [0.5, 0.6) is 0 Å². The Morgan fingerprint density at radius 1 is 1.06 bits per heavy atom. The van der Waals surface area contributed by atoms with Crippen LogP contribution in [0.4, 0.5) is 0 Å². The standard InChI is InChI=1S/C12H16N2O4/c15-4-7-3-9-10(6-18-7)14-12-8(13-9)1-2-17-11(12)5-16/h7,11,15-16H,1-6H2. The van der Waals surface area contributed by atoms with Gasteiger partial charge in [0.2, 0.25) is 0 Å². The van der Waals surface area contributed by atoms with Gasteiger partial charge in [0.1, 0.15) is 6.10 Å². The molecule has 2 aliphatic heterocycles. The van der Waals surface area contributed by atoms with Crippen LogP contribution in [0.25, 0.3) is 0 Å². The Bertz CT molecular complexity index is 452. The van der Waals surface area contributed by atoms with Crippen molar-refractivity contribution in [1.82, 2.24) is 9.97 Å². The maximum atomic E-state index is 9.26. The molecule has 2 atom stereocenters. The van der Waals surface area contributed by atoms with E-state index in [4.69, 9.17) is 14.6 Å². The fourth-order valence-electron chi connectivity index (χ4n) is 2.38. The van der Waals surface area contributed by atoms with Crippen LogP contribution < -0.4 is 0 Å². The van der Waals surface area contributed by atoms with Gasteiger partial charge in [-0.25, -0.2) is 4.98 Å². The quantitative estimate of drug-likeness (QED) is 0.739. The number of nitrogens with zero attached hydrogens (tertiary/aromatic N) is 2. The van der Waals surface area contributed by atoms with Crippen molar-refractivity contribution < 1.29 is 19.7 Å². The molecule has 0 fully saturated rings. The number of rotatable bonds is 2. The number of aromatic nitrogens is 2. The maximum absolute atomic E-state index is 9.26. The highest BCUT2D eigenvalue weighted by molar-refractivity contribution is 5.25. The summed E-state index contributed by atoms with van der Waals surface area (Å²) in [7, 11) is 0. The zero-order chi connectivity index (χ0) is 12.5. The van der Waals surface area contributed by atoms with Crippen molar-refractivity contribution in [3.05, 3.63) is 22.8 Å². The molecule has 0 saturated heterocycles. The average molecular weight is 252 g/mol. The first-order valence-electron chi connectivity index (χ1n) is 6.15. The van der Waals surface area contributed by atoms with E-state index in [1.165, 1.54) is 0 Å². The first-order chi connectivity index (χ1) is 8.81. The molecule has 0 bridgehead atoms. The second kappa shape index (κ2) is 4.89. The molecule has 0 spiro atoms. The Hall–Kier alpha value is -1.08. The van der Waals surface area contributed by atoms with Crippen LogP contribution in [-0.4, -0.2) is 46.1 Å². The van der Waals surface area contributed by atoms with Crippen LogP contribution >= 0.6 is 0 Å². The van der Waals surface area contributed by atoms with Gasteiger partial charge < -0.3 is 19.7 Å². The van der Waals surface area contributed by atoms with Gasteiger partial charge in [-0.2, -0.15) is 0 Å². The van der Waals surface area contributed by atoms with Gasteiger partial charge in [0, 0.05) is 12.8 Å². The Morgan fingerprint density at radius 2 is 1.94 bits per heavy atom. The second-order valence-electron chi connectivity index (χ2n) is 4.56.